The number of amides is 1. The normalized spacial score (nSPS) is 21.2. The summed E-state index contributed by atoms with van der Waals surface area (Å²) in [5.74, 6) is -3.92. The van der Waals surface area contributed by atoms with Crippen LogP contribution in [0.1, 0.15) is 31.2 Å². The number of nitrogens with one attached hydrogen (secondary N) is 2. The number of hydrogen-bond acceptors (Lipinski definition) is 2. The number of hydrogen-bond donors (Lipinski definition) is 3. The third-order valence-corrected chi connectivity index (χ3v) is 3.45. The van der Waals surface area contributed by atoms with Crippen LogP contribution in [0.5, 0.6) is 0 Å². The fourth-order valence-electron chi connectivity index (χ4n) is 2.40. The van der Waals surface area contributed by atoms with Crippen LogP contribution in [-0.2, 0) is 4.79 Å². The highest BCUT2D eigenvalue weighted by Crippen LogP contribution is 2.37. The Hall–Kier alpha value is -1.98. The Labute approximate surface area is 115 Å². The minimum absolute atomic E-state index is 0.106. The molecule has 0 saturated heterocycles. The molecule has 0 spiro atoms. The third-order valence-electron chi connectivity index (χ3n) is 3.45. The molecule has 108 valence electrons. The SMILES string of the molecule is N=C(N)c1cccc(NC(=O)[C@H]2CCCC(F)(F)C2)c1. The standard InChI is InChI=1S/C14H17F2N3O/c15-14(16)6-2-4-10(8-14)13(20)19-11-5-1-3-9(7-11)12(17)18/h1,3,5,7,10H,2,4,6,8H2,(H3,17,18)(H,19,20)/t10-/m0/s1. The lowest BCUT2D eigenvalue weighted by Gasteiger charge is -2.28. The highest BCUT2D eigenvalue weighted by atomic mass is 19.3. The average molecular weight is 281 g/mol. The van der Waals surface area contributed by atoms with Crippen LogP contribution in [0.2, 0.25) is 0 Å². The summed E-state index contributed by atoms with van der Waals surface area (Å²) < 4.78 is 26.6. The largest absolute Gasteiger partial charge is 0.384 e. The number of carbonyl (C=O) groups is 1. The van der Waals surface area contributed by atoms with Gasteiger partial charge in [0.25, 0.3) is 0 Å². The van der Waals surface area contributed by atoms with Crippen LogP contribution in [0, 0.1) is 11.3 Å². The van der Waals surface area contributed by atoms with Crippen LogP contribution in [-0.4, -0.2) is 17.7 Å². The van der Waals surface area contributed by atoms with E-state index in [0.29, 0.717) is 24.1 Å². The lowest BCUT2D eigenvalue weighted by atomic mass is 9.86. The van der Waals surface area contributed by atoms with Gasteiger partial charge in [-0.05, 0) is 25.0 Å². The number of amidine groups is 1. The van der Waals surface area contributed by atoms with E-state index in [1.165, 1.54) is 0 Å². The van der Waals surface area contributed by atoms with Gasteiger partial charge in [-0.15, -0.1) is 0 Å². The van der Waals surface area contributed by atoms with Crippen LogP contribution in [0.4, 0.5) is 14.5 Å². The number of nitrogens with two attached hydrogens (primary N) is 1. The van der Waals surface area contributed by atoms with Crippen molar-refractivity contribution in [3.8, 4) is 0 Å². The molecule has 0 radical (unpaired) electrons. The Morgan fingerprint density at radius 2 is 2.20 bits per heavy atom. The van der Waals surface area contributed by atoms with Gasteiger partial charge < -0.3 is 11.1 Å². The van der Waals surface area contributed by atoms with Crippen molar-refractivity contribution in [2.24, 2.45) is 11.7 Å². The molecule has 0 bridgehead atoms. The molecule has 1 atom stereocenters. The number of anilines is 1. The van der Waals surface area contributed by atoms with Crippen LogP contribution in [0.3, 0.4) is 0 Å². The summed E-state index contributed by atoms with van der Waals surface area (Å²) in [7, 11) is 0. The van der Waals surface area contributed by atoms with Crippen molar-refractivity contribution in [1.29, 1.82) is 5.41 Å². The summed E-state index contributed by atoms with van der Waals surface area (Å²) in [5.41, 5.74) is 6.32. The minimum Gasteiger partial charge on any atom is -0.384 e. The van der Waals surface area contributed by atoms with E-state index in [1.807, 2.05) is 0 Å². The zero-order valence-corrected chi connectivity index (χ0v) is 11.0. The van der Waals surface area contributed by atoms with Crippen LogP contribution < -0.4 is 11.1 Å². The second-order valence-corrected chi connectivity index (χ2v) is 5.13. The first kappa shape index (κ1) is 14.4. The first-order valence-electron chi connectivity index (χ1n) is 6.50. The molecule has 0 aliphatic heterocycles. The van der Waals surface area contributed by atoms with Gasteiger partial charge in [0.05, 0.1) is 0 Å². The van der Waals surface area contributed by atoms with Gasteiger partial charge in [0, 0.05) is 30.0 Å². The van der Waals surface area contributed by atoms with Gasteiger partial charge in [-0.2, -0.15) is 0 Å². The first-order chi connectivity index (χ1) is 9.37. The van der Waals surface area contributed by atoms with Gasteiger partial charge >= 0.3 is 0 Å². The predicted octanol–water partition coefficient (Wildman–Crippen LogP) is 2.73. The van der Waals surface area contributed by atoms with E-state index in [0.717, 1.165) is 0 Å². The number of nitrogen functional groups attached to an aromatic ring is 1. The maximum atomic E-state index is 13.3. The second-order valence-electron chi connectivity index (χ2n) is 5.13. The minimum atomic E-state index is -2.75. The van der Waals surface area contributed by atoms with Crippen molar-refractivity contribution in [3.63, 3.8) is 0 Å². The molecule has 20 heavy (non-hydrogen) atoms. The molecule has 0 heterocycles. The van der Waals surface area contributed by atoms with Crippen LogP contribution >= 0.6 is 0 Å². The number of rotatable bonds is 3. The molecule has 1 amide bonds. The summed E-state index contributed by atoms with van der Waals surface area (Å²) in [6.07, 6.45) is 0.300. The predicted molar refractivity (Wildman–Crippen MR) is 73.0 cm³/mol. The Balaban J connectivity index is 2.04. The van der Waals surface area contributed by atoms with Gasteiger partial charge in [0.2, 0.25) is 11.8 Å². The molecular formula is C14H17F2N3O. The van der Waals surface area contributed by atoms with E-state index in [1.54, 1.807) is 24.3 Å². The van der Waals surface area contributed by atoms with Crippen LogP contribution in [0.15, 0.2) is 24.3 Å². The Morgan fingerprint density at radius 1 is 1.45 bits per heavy atom. The Bertz CT molecular complexity index is 531. The molecule has 1 saturated carbocycles. The molecule has 1 aliphatic rings. The highest BCUT2D eigenvalue weighted by molar-refractivity contribution is 5.98. The molecule has 1 aromatic rings. The van der Waals surface area contributed by atoms with Gasteiger partial charge in [0.1, 0.15) is 5.84 Å². The van der Waals surface area contributed by atoms with Crippen molar-refractivity contribution in [3.05, 3.63) is 29.8 Å². The van der Waals surface area contributed by atoms with Crippen molar-refractivity contribution in [2.75, 3.05) is 5.32 Å². The van der Waals surface area contributed by atoms with E-state index in [9.17, 15) is 13.6 Å². The Morgan fingerprint density at radius 3 is 2.85 bits per heavy atom. The number of benzene rings is 1. The van der Waals surface area contributed by atoms with Crippen molar-refractivity contribution in [1.82, 2.24) is 0 Å². The topological polar surface area (TPSA) is 79.0 Å². The molecular weight excluding hydrogens is 264 g/mol. The smallest absolute Gasteiger partial charge is 0.248 e. The zero-order chi connectivity index (χ0) is 14.8. The monoisotopic (exact) mass is 281 g/mol. The van der Waals surface area contributed by atoms with Gasteiger partial charge in [0.15, 0.2) is 0 Å². The molecule has 1 aliphatic carbocycles. The number of carbonyl (C=O) groups excluding carboxylic acids is 1. The first-order valence-corrected chi connectivity index (χ1v) is 6.50. The van der Waals surface area contributed by atoms with E-state index in [-0.39, 0.29) is 12.3 Å². The molecule has 1 fully saturated rings. The summed E-state index contributed by atoms with van der Waals surface area (Å²) in [4.78, 5) is 12.0. The zero-order valence-electron chi connectivity index (χ0n) is 11.0. The summed E-state index contributed by atoms with van der Waals surface area (Å²) in [6.45, 7) is 0. The lowest BCUT2D eigenvalue weighted by molar-refractivity contribution is -0.127. The molecule has 4 nitrogen and oxygen atoms in total. The molecule has 0 unspecified atom stereocenters. The molecule has 4 N–H and O–H groups in total. The number of halogens is 2. The van der Waals surface area contributed by atoms with Crippen LogP contribution in [0.25, 0.3) is 0 Å². The number of alkyl halides is 2. The highest BCUT2D eigenvalue weighted by Gasteiger charge is 2.39. The summed E-state index contributed by atoms with van der Waals surface area (Å²) in [6, 6.07) is 6.50. The summed E-state index contributed by atoms with van der Waals surface area (Å²) >= 11 is 0. The molecule has 6 heteroatoms. The fourth-order valence-corrected chi connectivity index (χ4v) is 2.40. The molecule has 2 rings (SSSR count). The van der Waals surface area contributed by atoms with E-state index >= 15 is 0 Å². The van der Waals surface area contributed by atoms with Crippen molar-refractivity contribution >= 4 is 17.4 Å². The van der Waals surface area contributed by atoms with E-state index in [4.69, 9.17) is 11.1 Å². The van der Waals surface area contributed by atoms with E-state index < -0.39 is 24.2 Å². The Kier molecular flexibility index (Phi) is 4.01. The molecule has 1 aromatic carbocycles. The third kappa shape index (κ3) is 3.53. The molecule has 0 aromatic heterocycles. The fraction of sp³-hybridized carbons (Fsp3) is 0.429. The van der Waals surface area contributed by atoms with Gasteiger partial charge in [-0.25, -0.2) is 8.78 Å². The van der Waals surface area contributed by atoms with Gasteiger partial charge in [-0.1, -0.05) is 12.1 Å². The van der Waals surface area contributed by atoms with Gasteiger partial charge in [-0.3, -0.25) is 10.2 Å². The van der Waals surface area contributed by atoms with E-state index in [2.05, 4.69) is 5.32 Å². The lowest BCUT2D eigenvalue weighted by Crippen LogP contribution is -2.33. The maximum absolute atomic E-state index is 13.3. The average Bonchev–Trinajstić information content (AvgIpc) is 2.37. The second kappa shape index (κ2) is 5.56. The quantitative estimate of drug-likeness (QED) is 0.588. The van der Waals surface area contributed by atoms with Crippen molar-refractivity contribution < 1.29 is 13.6 Å². The summed E-state index contributed by atoms with van der Waals surface area (Å²) in [5, 5.41) is 9.95. The maximum Gasteiger partial charge on any atom is 0.248 e. The van der Waals surface area contributed by atoms with Crippen molar-refractivity contribution in [2.45, 2.75) is 31.6 Å².